The van der Waals surface area contributed by atoms with Crippen molar-refractivity contribution in [1.29, 1.82) is 0 Å². The van der Waals surface area contributed by atoms with Gasteiger partial charge in [0.2, 0.25) is 0 Å². The van der Waals surface area contributed by atoms with Gasteiger partial charge in [-0.2, -0.15) is 0 Å². The molecule has 3 heterocycles. The van der Waals surface area contributed by atoms with Gasteiger partial charge in [-0.3, -0.25) is 9.88 Å². The van der Waals surface area contributed by atoms with Gasteiger partial charge < -0.3 is 4.90 Å². The third-order valence-corrected chi connectivity index (χ3v) is 3.90. The van der Waals surface area contributed by atoms with Crippen molar-refractivity contribution >= 4 is 5.82 Å². The van der Waals surface area contributed by atoms with E-state index >= 15 is 0 Å². The van der Waals surface area contributed by atoms with Crippen LogP contribution in [0.3, 0.4) is 0 Å². The van der Waals surface area contributed by atoms with Gasteiger partial charge in [-0.05, 0) is 19.1 Å². The average Bonchev–Trinajstić information content (AvgIpc) is 2.54. The molecule has 5 nitrogen and oxygen atoms in total. The van der Waals surface area contributed by atoms with Crippen LogP contribution in [0.25, 0.3) is 0 Å². The summed E-state index contributed by atoms with van der Waals surface area (Å²) in [6, 6.07) is 8.17. The molecule has 1 aliphatic rings. The van der Waals surface area contributed by atoms with E-state index < -0.39 is 0 Å². The molecule has 2 aromatic rings. The third-order valence-electron chi connectivity index (χ3n) is 3.90. The Morgan fingerprint density at radius 3 is 2.62 bits per heavy atom. The zero-order valence-corrected chi connectivity index (χ0v) is 12.4. The number of anilines is 1. The van der Waals surface area contributed by atoms with Crippen LogP contribution in [0.1, 0.15) is 11.4 Å². The molecule has 1 fully saturated rings. The SMILES string of the molecule is Cc1cc(N2CCN(CCc3ccccn3)CC2)ncn1. The van der Waals surface area contributed by atoms with Crippen LogP contribution in [0.2, 0.25) is 0 Å². The molecule has 0 aliphatic carbocycles. The summed E-state index contributed by atoms with van der Waals surface area (Å²) in [5, 5.41) is 0. The minimum Gasteiger partial charge on any atom is -0.354 e. The van der Waals surface area contributed by atoms with E-state index in [4.69, 9.17) is 0 Å². The van der Waals surface area contributed by atoms with Gasteiger partial charge in [0.1, 0.15) is 12.1 Å². The molecule has 110 valence electrons. The van der Waals surface area contributed by atoms with Gasteiger partial charge in [0, 0.05) is 62.8 Å². The summed E-state index contributed by atoms with van der Waals surface area (Å²) in [5.41, 5.74) is 2.20. The molecule has 21 heavy (non-hydrogen) atoms. The van der Waals surface area contributed by atoms with Crippen LogP contribution in [0.15, 0.2) is 36.8 Å². The van der Waals surface area contributed by atoms with Gasteiger partial charge >= 0.3 is 0 Å². The van der Waals surface area contributed by atoms with E-state index in [0.717, 1.165) is 50.7 Å². The highest BCUT2D eigenvalue weighted by molar-refractivity contribution is 5.39. The van der Waals surface area contributed by atoms with Crippen molar-refractivity contribution in [2.45, 2.75) is 13.3 Å². The molecule has 0 aromatic carbocycles. The van der Waals surface area contributed by atoms with Crippen LogP contribution >= 0.6 is 0 Å². The normalized spacial score (nSPS) is 16.1. The lowest BCUT2D eigenvalue weighted by Gasteiger charge is -2.35. The van der Waals surface area contributed by atoms with Crippen LogP contribution in [0, 0.1) is 6.92 Å². The Hall–Kier alpha value is -2.01. The second kappa shape index (κ2) is 6.63. The highest BCUT2D eigenvalue weighted by Gasteiger charge is 2.17. The topological polar surface area (TPSA) is 45.2 Å². The third kappa shape index (κ3) is 3.76. The van der Waals surface area contributed by atoms with Crippen LogP contribution in [0.5, 0.6) is 0 Å². The standard InChI is InChI=1S/C16H21N5/c1-14-12-16(19-13-18-14)21-10-8-20(9-11-21)7-5-15-4-2-3-6-17-15/h2-4,6,12-13H,5,7-11H2,1H3. The number of aryl methyl sites for hydroxylation is 1. The predicted octanol–water partition coefficient (Wildman–Crippen LogP) is 1.54. The Morgan fingerprint density at radius 1 is 1.05 bits per heavy atom. The maximum atomic E-state index is 4.38. The largest absolute Gasteiger partial charge is 0.354 e. The maximum Gasteiger partial charge on any atom is 0.132 e. The Kier molecular flexibility index (Phi) is 4.40. The first-order valence-corrected chi connectivity index (χ1v) is 7.47. The molecule has 5 heteroatoms. The molecule has 0 unspecified atom stereocenters. The van der Waals surface area contributed by atoms with Gasteiger partial charge in [0.15, 0.2) is 0 Å². The maximum absolute atomic E-state index is 4.38. The first kappa shape index (κ1) is 13.9. The monoisotopic (exact) mass is 283 g/mol. The van der Waals surface area contributed by atoms with Crippen LogP contribution < -0.4 is 4.90 Å². The molecule has 3 rings (SSSR count). The first-order chi connectivity index (χ1) is 10.3. The highest BCUT2D eigenvalue weighted by atomic mass is 15.3. The van der Waals surface area contributed by atoms with Crippen molar-refractivity contribution in [1.82, 2.24) is 19.9 Å². The highest BCUT2D eigenvalue weighted by Crippen LogP contribution is 2.13. The van der Waals surface area contributed by atoms with Crippen molar-refractivity contribution in [2.75, 3.05) is 37.6 Å². The summed E-state index contributed by atoms with van der Waals surface area (Å²) >= 11 is 0. The smallest absolute Gasteiger partial charge is 0.132 e. The zero-order valence-electron chi connectivity index (χ0n) is 12.4. The molecule has 1 saturated heterocycles. The molecule has 0 saturated carbocycles. The van der Waals surface area contributed by atoms with E-state index in [0.29, 0.717) is 0 Å². The van der Waals surface area contributed by atoms with E-state index in [1.165, 1.54) is 5.69 Å². The molecule has 1 aliphatic heterocycles. The Morgan fingerprint density at radius 2 is 1.90 bits per heavy atom. The fraction of sp³-hybridized carbons (Fsp3) is 0.438. The molecule has 0 atom stereocenters. The van der Waals surface area contributed by atoms with Gasteiger partial charge in [-0.1, -0.05) is 6.07 Å². The van der Waals surface area contributed by atoms with E-state index in [-0.39, 0.29) is 0 Å². The Bertz CT molecular complexity index is 564. The summed E-state index contributed by atoms with van der Waals surface area (Å²) < 4.78 is 0. The van der Waals surface area contributed by atoms with E-state index in [1.807, 2.05) is 19.2 Å². The number of piperazine rings is 1. The van der Waals surface area contributed by atoms with Crippen molar-refractivity contribution in [3.63, 3.8) is 0 Å². The van der Waals surface area contributed by atoms with Gasteiger partial charge in [0.25, 0.3) is 0 Å². The van der Waals surface area contributed by atoms with E-state index in [2.05, 4.69) is 43.0 Å². The molecule has 0 amide bonds. The van der Waals surface area contributed by atoms with Gasteiger partial charge in [0.05, 0.1) is 0 Å². The number of nitrogens with zero attached hydrogens (tertiary/aromatic N) is 5. The van der Waals surface area contributed by atoms with Gasteiger partial charge in [-0.15, -0.1) is 0 Å². The number of hydrogen-bond donors (Lipinski definition) is 0. The predicted molar refractivity (Wildman–Crippen MR) is 83.4 cm³/mol. The summed E-state index contributed by atoms with van der Waals surface area (Å²) in [6.45, 7) is 7.30. The lowest BCUT2D eigenvalue weighted by molar-refractivity contribution is 0.259. The molecule has 2 aromatic heterocycles. The number of aromatic nitrogens is 3. The van der Waals surface area contributed by atoms with Crippen LogP contribution in [-0.2, 0) is 6.42 Å². The number of hydrogen-bond acceptors (Lipinski definition) is 5. The van der Waals surface area contributed by atoms with E-state index in [1.54, 1.807) is 6.33 Å². The minimum atomic E-state index is 1.02. The van der Waals surface area contributed by atoms with Gasteiger partial charge in [-0.25, -0.2) is 9.97 Å². The quantitative estimate of drug-likeness (QED) is 0.852. The molecule has 0 radical (unpaired) electrons. The van der Waals surface area contributed by atoms with Crippen LogP contribution in [0.4, 0.5) is 5.82 Å². The first-order valence-electron chi connectivity index (χ1n) is 7.47. The molecular weight excluding hydrogens is 262 g/mol. The van der Waals surface area contributed by atoms with Crippen molar-refractivity contribution in [2.24, 2.45) is 0 Å². The average molecular weight is 283 g/mol. The number of pyridine rings is 1. The Labute approximate surface area is 125 Å². The molecule has 0 bridgehead atoms. The summed E-state index contributed by atoms with van der Waals surface area (Å²) in [7, 11) is 0. The van der Waals surface area contributed by atoms with Crippen molar-refractivity contribution in [3.8, 4) is 0 Å². The lowest BCUT2D eigenvalue weighted by atomic mass is 10.2. The van der Waals surface area contributed by atoms with E-state index in [9.17, 15) is 0 Å². The Balaban J connectivity index is 1.49. The molecular formula is C16H21N5. The van der Waals surface area contributed by atoms with Crippen molar-refractivity contribution < 1.29 is 0 Å². The zero-order chi connectivity index (χ0) is 14.5. The second-order valence-corrected chi connectivity index (χ2v) is 5.42. The fourth-order valence-corrected chi connectivity index (χ4v) is 2.63. The van der Waals surface area contributed by atoms with Crippen LogP contribution in [-0.4, -0.2) is 52.6 Å². The lowest BCUT2D eigenvalue weighted by Crippen LogP contribution is -2.47. The summed E-state index contributed by atoms with van der Waals surface area (Å²) in [5.74, 6) is 1.05. The summed E-state index contributed by atoms with van der Waals surface area (Å²) in [4.78, 5) is 17.7. The summed E-state index contributed by atoms with van der Waals surface area (Å²) in [6.07, 6.45) is 4.54. The number of rotatable bonds is 4. The molecule has 0 N–H and O–H groups in total. The minimum absolute atomic E-state index is 1.02. The van der Waals surface area contributed by atoms with Crippen molar-refractivity contribution in [3.05, 3.63) is 48.2 Å². The molecule has 0 spiro atoms. The fourth-order valence-electron chi connectivity index (χ4n) is 2.63. The second-order valence-electron chi connectivity index (χ2n) is 5.42.